The Labute approximate surface area is 208 Å². The van der Waals surface area contributed by atoms with Crippen LogP contribution in [0.3, 0.4) is 0 Å². The maximum absolute atomic E-state index is 11.2. The third-order valence-corrected chi connectivity index (χ3v) is 10.8. The topological polar surface area (TPSA) is 62.6 Å². The van der Waals surface area contributed by atoms with Gasteiger partial charge in [-0.1, -0.05) is 45.1 Å². The van der Waals surface area contributed by atoms with E-state index < -0.39 is 17.8 Å². The second kappa shape index (κ2) is 7.27. The molecule has 1 saturated heterocycles. The zero-order chi connectivity index (χ0) is 24.2. The van der Waals surface area contributed by atoms with Crippen LogP contribution in [0, 0.1) is 23.2 Å². The Balaban J connectivity index is 1.29. The molecule has 184 valence electrons. The SMILES string of the molecule is CC(C)C1CC23CCC4(O2)C(=CCC2(C)C(c5ccc6ccncc6c5)CCC42)C=C3C(O)C1O. The molecule has 1 aromatic heterocycles. The predicted octanol–water partition coefficient (Wildman–Crippen LogP) is 5.69. The molecule has 1 aromatic carbocycles. The van der Waals surface area contributed by atoms with Gasteiger partial charge >= 0.3 is 0 Å². The van der Waals surface area contributed by atoms with Gasteiger partial charge in [-0.3, -0.25) is 4.98 Å². The quantitative estimate of drug-likeness (QED) is 0.591. The van der Waals surface area contributed by atoms with Crippen molar-refractivity contribution in [2.45, 2.75) is 88.6 Å². The van der Waals surface area contributed by atoms with E-state index in [9.17, 15) is 10.2 Å². The van der Waals surface area contributed by atoms with Crippen molar-refractivity contribution in [3.8, 4) is 0 Å². The molecule has 3 heterocycles. The van der Waals surface area contributed by atoms with Gasteiger partial charge in [0, 0.05) is 17.8 Å². The molecule has 2 aromatic rings. The van der Waals surface area contributed by atoms with Gasteiger partial charge in [0.2, 0.25) is 0 Å². The number of hydrogen-bond donors (Lipinski definition) is 2. The summed E-state index contributed by atoms with van der Waals surface area (Å²) in [6.07, 6.45) is 13.1. The molecule has 0 amide bonds. The van der Waals surface area contributed by atoms with Gasteiger partial charge in [0.25, 0.3) is 0 Å². The highest BCUT2D eigenvalue weighted by molar-refractivity contribution is 5.82. The van der Waals surface area contributed by atoms with E-state index in [2.05, 4.69) is 62.2 Å². The molecule has 2 aliphatic heterocycles. The Kier molecular flexibility index (Phi) is 4.62. The number of benzene rings is 1. The molecule has 7 rings (SSSR count). The summed E-state index contributed by atoms with van der Waals surface area (Å²) in [5.41, 5.74) is 3.09. The van der Waals surface area contributed by atoms with Gasteiger partial charge in [0.1, 0.15) is 6.10 Å². The van der Waals surface area contributed by atoms with Gasteiger partial charge in [-0.05, 0) is 102 Å². The lowest BCUT2D eigenvalue weighted by atomic mass is 9.58. The highest BCUT2D eigenvalue weighted by atomic mass is 16.5. The molecule has 8 atom stereocenters. The van der Waals surface area contributed by atoms with Crippen molar-refractivity contribution >= 4 is 10.8 Å². The summed E-state index contributed by atoms with van der Waals surface area (Å²) < 4.78 is 7.30. The van der Waals surface area contributed by atoms with Crippen molar-refractivity contribution in [2.75, 3.05) is 0 Å². The Morgan fingerprint density at radius 2 is 1.94 bits per heavy atom. The molecule has 2 saturated carbocycles. The van der Waals surface area contributed by atoms with Crippen molar-refractivity contribution in [1.82, 2.24) is 4.98 Å². The number of aliphatic hydroxyl groups excluding tert-OH is 2. The van der Waals surface area contributed by atoms with E-state index in [-0.39, 0.29) is 16.9 Å². The molecule has 8 unspecified atom stereocenters. The van der Waals surface area contributed by atoms with E-state index in [1.54, 1.807) is 0 Å². The lowest BCUT2D eigenvalue weighted by molar-refractivity contribution is -0.168. The monoisotopic (exact) mass is 471 g/mol. The minimum Gasteiger partial charge on any atom is -0.390 e. The fraction of sp³-hybridized carbons (Fsp3) is 0.581. The Morgan fingerprint density at radius 3 is 2.77 bits per heavy atom. The van der Waals surface area contributed by atoms with Gasteiger partial charge < -0.3 is 14.9 Å². The minimum absolute atomic E-state index is 0.0559. The first-order valence-corrected chi connectivity index (χ1v) is 13.6. The van der Waals surface area contributed by atoms with Crippen LogP contribution in [-0.2, 0) is 4.74 Å². The molecule has 4 nitrogen and oxygen atoms in total. The van der Waals surface area contributed by atoms with Crippen LogP contribution in [0.5, 0.6) is 0 Å². The first-order valence-electron chi connectivity index (χ1n) is 13.6. The maximum atomic E-state index is 11.2. The van der Waals surface area contributed by atoms with Crippen LogP contribution in [0.25, 0.3) is 10.8 Å². The number of hydrogen-bond acceptors (Lipinski definition) is 4. The number of rotatable bonds is 2. The van der Waals surface area contributed by atoms with Gasteiger partial charge in [-0.15, -0.1) is 0 Å². The predicted molar refractivity (Wildman–Crippen MR) is 137 cm³/mol. The van der Waals surface area contributed by atoms with Crippen LogP contribution in [0.15, 0.2) is 60.0 Å². The van der Waals surface area contributed by atoms with Crippen LogP contribution in [0.4, 0.5) is 0 Å². The molecular formula is C31H37NO3. The highest BCUT2D eigenvalue weighted by Crippen LogP contribution is 2.69. The molecule has 5 aliphatic rings. The van der Waals surface area contributed by atoms with Crippen LogP contribution >= 0.6 is 0 Å². The van der Waals surface area contributed by atoms with Crippen LogP contribution in [-0.4, -0.2) is 38.6 Å². The number of pyridine rings is 1. The van der Waals surface area contributed by atoms with Gasteiger partial charge in [-0.2, -0.15) is 0 Å². The molecule has 0 radical (unpaired) electrons. The second-order valence-corrected chi connectivity index (χ2v) is 12.7. The van der Waals surface area contributed by atoms with Gasteiger partial charge in [-0.25, -0.2) is 0 Å². The largest absolute Gasteiger partial charge is 0.390 e. The van der Waals surface area contributed by atoms with E-state index >= 15 is 0 Å². The van der Waals surface area contributed by atoms with Crippen LogP contribution in [0.2, 0.25) is 0 Å². The molecule has 3 aliphatic carbocycles. The molecular weight excluding hydrogens is 434 g/mol. The third-order valence-electron chi connectivity index (χ3n) is 10.8. The first kappa shape index (κ1) is 22.2. The summed E-state index contributed by atoms with van der Waals surface area (Å²) in [5, 5.41) is 24.6. The smallest absolute Gasteiger partial charge is 0.104 e. The highest BCUT2D eigenvalue weighted by Gasteiger charge is 2.68. The van der Waals surface area contributed by atoms with E-state index in [1.165, 1.54) is 34.8 Å². The number of allylic oxidation sites excluding steroid dienone is 1. The van der Waals surface area contributed by atoms with Gasteiger partial charge in [0.05, 0.1) is 17.3 Å². The fourth-order valence-corrected chi connectivity index (χ4v) is 8.99. The zero-order valence-electron chi connectivity index (χ0n) is 21.1. The number of fused-ring (bicyclic) bond motifs is 2. The minimum atomic E-state index is -0.830. The normalized spacial score (nSPS) is 44.0. The van der Waals surface area contributed by atoms with Crippen molar-refractivity contribution < 1.29 is 14.9 Å². The lowest BCUT2D eigenvalue weighted by Crippen LogP contribution is -2.58. The van der Waals surface area contributed by atoms with Crippen molar-refractivity contribution in [3.63, 3.8) is 0 Å². The number of aromatic nitrogens is 1. The van der Waals surface area contributed by atoms with Crippen molar-refractivity contribution in [2.24, 2.45) is 23.2 Å². The van der Waals surface area contributed by atoms with E-state index in [1.807, 2.05) is 12.4 Å². The number of nitrogens with zero attached hydrogens (tertiary/aromatic N) is 1. The second-order valence-electron chi connectivity index (χ2n) is 12.7. The van der Waals surface area contributed by atoms with E-state index in [0.717, 1.165) is 31.3 Å². The molecule has 35 heavy (non-hydrogen) atoms. The molecule has 2 spiro atoms. The summed E-state index contributed by atoms with van der Waals surface area (Å²) >= 11 is 0. The zero-order valence-corrected chi connectivity index (χ0v) is 21.1. The lowest BCUT2D eigenvalue weighted by Gasteiger charge is -2.56. The number of aliphatic hydroxyl groups is 2. The Morgan fingerprint density at radius 1 is 1.09 bits per heavy atom. The van der Waals surface area contributed by atoms with Crippen molar-refractivity contribution in [1.29, 1.82) is 0 Å². The summed E-state index contributed by atoms with van der Waals surface area (Å²) in [7, 11) is 0. The van der Waals surface area contributed by atoms with Gasteiger partial charge in [0.15, 0.2) is 0 Å². The standard InChI is InChI=1S/C31H37NO3/c1-18(2)23-16-30-11-12-31(35-30)22(15-25(30)28(34)27(23)33)8-10-29(3)24(6-7-26(29)31)20-5-4-19-9-13-32-17-21(19)14-20/h4-5,8-9,13-15,17-18,23-24,26-28,33-34H,6-7,10-12,16H2,1-3H3. The summed E-state index contributed by atoms with van der Waals surface area (Å²) in [6.45, 7) is 6.81. The van der Waals surface area contributed by atoms with E-state index in [0.29, 0.717) is 17.8 Å². The average Bonchev–Trinajstić information content (AvgIpc) is 3.37. The van der Waals surface area contributed by atoms with E-state index in [4.69, 9.17) is 4.74 Å². The Bertz CT molecular complexity index is 1260. The first-order chi connectivity index (χ1) is 16.8. The fourth-order valence-electron chi connectivity index (χ4n) is 8.99. The summed E-state index contributed by atoms with van der Waals surface area (Å²) in [6, 6.07) is 9.03. The number of ether oxygens (including phenoxy) is 1. The van der Waals surface area contributed by atoms with Crippen molar-refractivity contribution in [3.05, 3.63) is 65.5 Å². The Hall–Kier alpha value is -2.01. The average molecular weight is 472 g/mol. The third kappa shape index (κ3) is 2.82. The molecule has 3 fully saturated rings. The summed E-state index contributed by atoms with van der Waals surface area (Å²) in [4.78, 5) is 4.36. The van der Waals surface area contributed by atoms with Crippen LogP contribution < -0.4 is 0 Å². The summed E-state index contributed by atoms with van der Waals surface area (Å²) in [5.74, 6) is 1.32. The molecule has 2 bridgehead atoms. The maximum Gasteiger partial charge on any atom is 0.104 e. The molecule has 4 heteroatoms. The van der Waals surface area contributed by atoms with Crippen LogP contribution in [0.1, 0.15) is 70.8 Å². The molecule has 2 N–H and O–H groups in total.